The van der Waals surface area contributed by atoms with Crippen molar-refractivity contribution >= 4 is 28.5 Å². The number of carbonyl (C=O) groups excluding carboxylic acids is 1. The van der Waals surface area contributed by atoms with Crippen LogP contribution in [0.3, 0.4) is 0 Å². The first-order valence-electron chi connectivity index (χ1n) is 11.1. The minimum atomic E-state index is -4.50. The molecular formula is C25H19F3N4O4. The summed E-state index contributed by atoms with van der Waals surface area (Å²) in [6.45, 7) is 0.451. The van der Waals surface area contributed by atoms with Gasteiger partial charge in [0.2, 0.25) is 5.89 Å². The summed E-state index contributed by atoms with van der Waals surface area (Å²) in [6.07, 6.45) is -3.19. The Morgan fingerprint density at radius 2 is 1.86 bits per heavy atom. The maximum Gasteiger partial charge on any atom is 0.417 e. The van der Waals surface area contributed by atoms with Crippen molar-refractivity contribution in [2.45, 2.75) is 25.1 Å². The van der Waals surface area contributed by atoms with Crippen LogP contribution >= 0.6 is 0 Å². The monoisotopic (exact) mass is 496 g/mol. The number of benzene rings is 3. The van der Waals surface area contributed by atoms with Gasteiger partial charge in [0.15, 0.2) is 5.58 Å². The Kier molecular flexibility index (Phi) is 5.83. The summed E-state index contributed by atoms with van der Waals surface area (Å²) in [7, 11) is 0. The number of nitro benzene ring substituents is 1. The number of hydrogen-bond acceptors (Lipinski definition) is 5. The van der Waals surface area contributed by atoms with Crippen molar-refractivity contribution in [1.29, 1.82) is 0 Å². The van der Waals surface area contributed by atoms with Crippen molar-refractivity contribution in [3.63, 3.8) is 0 Å². The molecule has 11 heteroatoms. The zero-order chi connectivity index (χ0) is 25.4. The number of nitrogens with zero attached hydrogens (tertiary/aromatic N) is 3. The van der Waals surface area contributed by atoms with E-state index in [0.717, 1.165) is 6.07 Å². The van der Waals surface area contributed by atoms with Gasteiger partial charge in [-0.15, -0.1) is 0 Å². The molecule has 1 aliphatic rings. The Hall–Kier alpha value is -4.41. The zero-order valence-corrected chi connectivity index (χ0v) is 18.7. The molecule has 184 valence electrons. The number of likely N-dealkylation sites (tertiary alicyclic amines) is 1. The summed E-state index contributed by atoms with van der Waals surface area (Å²) < 4.78 is 46.3. The van der Waals surface area contributed by atoms with Gasteiger partial charge in [0.05, 0.1) is 10.5 Å². The minimum absolute atomic E-state index is 0.0430. The fraction of sp³-hybridized carbons (Fsp3) is 0.200. The number of nitro groups is 1. The maximum absolute atomic E-state index is 13.5. The third kappa shape index (κ3) is 4.47. The number of hydrogen-bond donors (Lipinski definition) is 1. The molecule has 36 heavy (non-hydrogen) atoms. The highest BCUT2D eigenvalue weighted by Gasteiger charge is 2.35. The fourth-order valence-electron chi connectivity index (χ4n) is 4.37. The van der Waals surface area contributed by atoms with Gasteiger partial charge in [0.1, 0.15) is 11.6 Å². The average Bonchev–Trinajstić information content (AvgIpc) is 3.50. The summed E-state index contributed by atoms with van der Waals surface area (Å²) in [5.74, 6) is 0.294. The predicted molar refractivity (Wildman–Crippen MR) is 125 cm³/mol. The van der Waals surface area contributed by atoms with Crippen LogP contribution in [0.4, 0.5) is 29.3 Å². The van der Waals surface area contributed by atoms with Gasteiger partial charge < -0.3 is 14.6 Å². The molecule has 1 saturated heterocycles. The van der Waals surface area contributed by atoms with Crippen LogP contribution in [0.25, 0.3) is 22.2 Å². The van der Waals surface area contributed by atoms with E-state index in [4.69, 9.17) is 4.42 Å². The number of carbonyl (C=O) groups is 1. The smallest absolute Gasteiger partial charge is 0.417 e. The molecule has 1 aromatic heterocycles. The third-order valence-electron chi connectivity index (χ3n) is 6.08. The third-order valence-corrected chi connectivity index (χ3v) is 6.08. The van der Waals surface area contributed by atoms with Crippen LogP contribution in [-0.4, -0.2) is 27.4 Å². The second-order valence-corrected chi connectivity index (χ2v) is 8.36. The van der Waals surface area contributed by atoms with E-state index in [1.54, 1.807) is 29.2 Å². The lowest BCUT2D eigenvalue weighted by Gasteiger charge is -2.22. The number of aromatic nitrogens is 1. The van der Waals surface area contributed by atoms with Crippen molar-refractivity contribution in [1.82, 2.24) is 9.88 Å². The number of nitrogens with one attached hydrogen (secondary N) is 1. The molecule has 5 rings (SSSR count). The molecule has 0 bridgehead atoms. The molecule has 0 radical (unpaired) electrons. The Bertz CT molecular complexity index is 1450. The van der Waals surface area contributed by atoms with Gasteiger partial charge in [-0.3, -0.25) is 10.1 Å². The minimum Gasteiger partial charge on any atom is -0.438 e. The molecular weight excluding hydrogens is 477 g/mol. The zero-order valence-electron chi connectivity index (χ0n) is 18.7. The van der Waals surface area contributed by atoms with Gasteiger partial charge in [-0.05, 0) is 54.3 Å². The first-order chi connectivity index (χ1) is 17.2. The predicted octanol–water partition coefficient (Wildman–Crippen LogP) is 6.79. The lowest BCUT2D eigenvalue weighted by molar-refractivity contribution is -0.384. The molecule has 0 aliphatic carbocycles. The van der Waals surface area contributed by atoms with Gasteiger partial charge in [-0.25, -0.2) is 9.78 Å². The number of non-ortho nitro benzene ring substituents is 1. The lowest BCUT2D eigenvalue weighted by atomic mass is 9.99. The largest absolute Gasteiger partial charge is 0.438 e. The molecule has 2 amide bonds. The van der Waals surface area contributed by atoms with Crippen LogP contribution in [-0.2, 0) is 6.18 Å². The second-order valence-electron chi connectivity index (χ2n) is 8.36. The molecule has 4 aromatic rings. The highest BCUT2D eigenvalue weighted by atomic mass is 19.4. The van der Waals surface area contributed by atoms with Gasteiger partial charge in [0, 0.05) is 24.4 Å². The van der Waals surface area contributed by atoms with E-state index in [9.17, 15) is 28.1 Å². The second kappa shape index (κ2) is 8.99. The summed E-state index contributed by atoms with van der Waals surface area (Å²) in [6, 6.07) is 14.6. The highest BCUT2D eigenvalue weighted by Crippen LogP contribution is 2.39. The molecule has 8 nitrogen and oxygen atoms in total. The molecule has 0 saturated carbocycles. The number of amides is 2. The number of anilines is 1. The number of fused-ring (bicyclic) bond motifs is 1. The summed E-state index contributed by atoms with van der Waals surface area (Å²) in [4.78, 5) is 29.3. The van der Waals surface area contributed by atoms with Crippen LogP contribution in [0.5, 0.6) is 0 Å². The average molecular weight is 496 g/mol. The van der Waals surface area contributed by atoms with E-state index in [2.05, 4.69) is 10.3 Å². The van der Waals surface area contributed by atoms with Crippen LogP contribution in [0.15, 0.2) is 71.1 Å². The first kappa shape index (κ1) is 23.3. The standard InChI is InChI=1S/C25H19F3N4O4/c26-25(27,28)19-5-2-1-4-18(19)15-7-12-22-20(14-15)30-23(36-22)21-6-3-13-31(21)24(33)29-16-8-10-17(11-9-16)32(34)35/h1-2,4-5,7-12,14,21H,3,6,13H2,(H,29,33). The summed E-state index contributed by atoms with van der Waals surface area (Å²) >= 11 is 0. The molecule has 1 atom stereocenters. The SMILES string of the molecule is O=C(Nc1ccc([N+](=O)[O-])cc1)N1CCCC1c1nc2cc(-c3ccccc3C(F)(F)F)ccc2o1. The molecule has 2 heterocycles. The van der Waals surface area contributed by atoms with Crippen molar-refractivity contribution in [2.75, 3.05) is 11.9 Å². The van der Waals surface area contributed by atoms with E-state index in [-0.39, 0.29) is 11.3 Å². The Morgan fingerprint density at radius 1 is 1.11 bits per heavy atom. The Labute approximate surface area is 202 Å². The van der Waals surface area contributed by atoms with E-state index in [1.807, 2.05) is 0 Å². The van der Waals surface area contributed by atoms with Crippen LogP contribution in [0.2, 0.25) is 0 Å². The highest BCUT2D eigenvalue weighted by molar-refractivity contribution is 5.90. The van der Waals surface area contributed by atoms with E-state index >= 15 is 0 Å². The molecule has 1 aliphatic heterocycles. The van der Waals surface area contributed by atoms with E-state index < -0.39 is 28.7 Å². The van der Waals surface area contributed by atoms with Gasteiger partial charge in [-0.1, -0.05) is 24.3 Å². The normalized spacial score (nSPS) is 15.9. The quantitative estimate of drug-likeness (QED) is 0.248. The van der Waals surface area contributed by atoms with Crippen LogP contribution in [0, 0.1) is 10.1 Å². The van der Waals surface area contributed by atoms with Crippen molar-refractivity contribution < 1.29 is 27.3 Å². The number of oxazole rings is 1. The van der Waals surface area contributed by atoms with Gasteiger partial charge in [-0.2, -0.15) is 13.2 Å². The number of halogens is 3. The van der Waals surface area contributed by atoms with Crippen LogP contribution < -0.4 is 5.32 Å². The maximum atomic E-state index is 13.5. The Morgan fingerprint density at radius 3 is 2.58 bits per heavy atom. The molecule has 1 N–H and O–H groups in total. The first-order valence-corrected chi connectivity index (χ1v) is 11.1. The molecule has 0 spiro atoms. The van der Waals surface area contributed by atoms with Gasteiger partial charge in [0.25, 0.3) is 5.69 Å². The van der Waals surface area contributed by atoms with Crippen LogP contribution in [0.1, 0.15) is 30.3 Å². The number of urea groups is 1. The van der Waals surface area contributed by atoms with Crippen molar-refractivity contribution in [2.24, 2.45) is 0 Å². The van der Waals surface area contributed by atoms with Gasteiger partial charge >= 0.3 is 12.2 Å². The topological polar surface area (TPSA) is 102 Å². The molecule has 1 fully saturated rings. The Balaban J connectivity index is 1.39. The fourth-order valence-corrected chi connectivity index (χ4v) is 4.37. The molecule has 3 aromatic carbocycles. The van der Waals surface area contributed by atoms with E-state index in [0.29, 0.717) is 47.6 Å². The van der Waals surface area contributed by atoms with E-state index in [1.165, 1.54) is 36.4 Å². The summed E-state index contributed by atoms with van der Waals surface area (Å²) in [5, 5.41) is 13.5. The number of alkyl halides is 3. The number of rotatable bonds is 4. The van der Waals surface area contributed by atoms with Crippen molar-refractivity contribution in [3.05, 3.63) is 88.3 Å². The summed E-state index contributed by atoms with van der Waals surface area (Å²) in [5.41, 5.74) is 0.773. The van der Waals surface area contributed by atoms with Crippen molar-refractivity contribution in [3.8, 4) is 11.1 Å². The molecule has 1 unspecified atom stereocenters. The lowest BCUT2D eigenvalue weighted by Crippen LogP contribution is -2.34.